The molecule has 12 rings (SSSR count). The van der Waals surface area contributed by atoms with Gasteiger partial charge >= 0.3 is 0 Å². The molecule has 0 saturated heterocycles. The third-order valence-corrected chi connectivity index (χ3v) is 12.0. The van der Waals surface area contributed by atoms with Crippen LogP contribution in [0.15, 0.2) is 215 Å². The van der Waals surface area contributed by atoms with Crippen LogP contribution in [-0.2, 0) is 5.41 Å². The number of rotatable bonds is 4. The number of benzene rings is 7. The Morgan fingerprint density at radius 3 is 1.98 bits per heavy atom. The number of hydrogen-bond acceptors (Lipinski definition) is 2. The Bertz CT molecular complexity index is 3210. The van der Waals surface area contributed by atoms with Crippen LogP contribution >= 0.6 is 0 Å². The largest absolute Gasteiger partial charge is 0.455 e. The van der Waals surface area contributed by atoms with Gasteiger partial charge in [-0.2, -0.15) is 0 Å². The molecule has 0 radical (unpaired) electrons. The Kier molecular flexibility index (Phi) is 11.0. The average Bonchev–Trinajstić information content (AvgIpc) is 4.19. The summed E-state index contributed by atoms with van der Waals surface area (Å²) in [6.07, 6.45) is 16.0. The molecule has 0 atom stereocenters. The fraction of sp³-hybridized carbons (Fsp3) is 0.100. The van der Waals surface area contributed by atoms with Crippen LogP contribution in [0.3, 0.4) is 0 Å². The zero-order valence-corrected chi connectivity index (χ0v) is 35.7. The molecule has 0 aliphatic heterocycles. The SMILES string of the molecule is C1=C(C2=CCC=C2)C=CC=1c1ccccc1.CC.CC1(C)c2cc(N)ccc2-c2ccc(-c3cccc4c3C=C=C4)cc21.c1ccc(-c2cccc3c2oc2ccccc23)cc1. The molecule has 2 N–H and O–H groups in total. The van der Waals surface area contributed by atoms with Crippen molar-refractivity contribution in [3.05, 3.63) is 239 Å². The molecule has 1 heterocycles. The molecular formula is C60H49NO. The normalized spacial score (nSPS) is 14.1. The first kappa shape index (κ1) is 39.8. The summed E-state index contributed by atoms with van der Waals surface area (Å²) in [7, 11) is 0. The van der Waals surface area contributed by atoms with E-state index >= 15 is 0 Å². The lowest BCUT2D eigenvalue weighted by atomic mass is 9.81. The maximum absolute atomic E-state index is 6.05. The minimum Gasteiger partial charge on any atom is -0.455 e. The monoisotopic (exact) mass is 799 g/mol. The Labute approximate surface area is 365 Å². The van der Waals surface area contributed by atoms with E-state index in [9.17, 15) is 0 Å². The summed E-state index contributed by atoms with van der Waals surface area (Å²) < 4.78 is 6.04. The highest BCUT2D eigenvalue weighted by atomic mass is 16.3. The summed E-state index contributed by atoms with van der Waals surface area (Å²) >= 11 is 0. The van der Waals surface area contributed by atoms with Crippen molar-refractivity contribution in [3.8, 4) is 33.4 Å². The molecule has 0 bridgehead atoms. The summed E-state index contributed by atoms with van der Waals surface area (Å²) in [4.78, 5) is 0. The highest BCUT2D eigenvalue weighted by Crippen LogP contribution is 2.50. The van der Waals surface area contributed by atoms with Crippen molar-refractivity contribution < 1.29 is 4.42 Å². The molecule has 2 heteroatoms. The van der Waals surface area contributed by atoms with E-state index < -0.39 is 0 Å². The van der Waals surface area contributed by atoms with Crippen molar-refractivity contribution in [2.24, 2.45) is 0 Å². The van der Waals surface area contributed by atoms with Gasteiger partial charge in [0.25, 0.3) is 0 Å². The molecule has 300 valence electrons. The maximum atomic E-state index is 6.05. The van der Waals surface area contributed by atoms with Crippen LogP contribution in [0.4, 0.5) is 5.69 Å². The quantitative estimate of drug-likeness (QED) is 0.142. The van der Waals surface area contributed by atoms with Crippen molar-refractivity contribution in [1.29, 1.82) is 0 Å². The third kappa shape index (κ3) is 7.55. The van der Waals surface area contributed by atoms with Crippen LogP contribution in [0.5, 0.6) is 0 Å². The number of allylic oxidation sites excluding steroid dienone is 7. The van der Waals surface area contributed by atoms with E-state index in [0.717, 1.165) is 28.8 Å². The predicted molar refractivity (Wildman–Crippen MR) is 265 cm³/mol. The van der Waals surface area contributed by atoms with E-state index in [1.54, 1.807) is 0 Å². The number of para-hydroxylation sites is 2. The molecule has 1 aromatic heterocycles. The molecule has 7 aromatic carbocycles. The number of hydrogen-bond donors (Lipinski definition) is 1. The Balaban J connectivity index is 0.000000119. The number of nitrogens with two attached hydrogens (primary N) is 1. The van der Waals surface area contributed by atoms with E-state index in [2.05, 4.69) is 189 Å². The number of fused-ring (bicyclic) bond motifs is 7. The maximum Gasteiger partial charge on any atom is 0.143 e. The molecule has 0 unspecified atom stereocenters. The molecule has 4 aliphatic carbocycles. The summed E-state index contributed by atoms with van der Waals surface area (Å²) in [5.74, 6) is 0. The Morgan fingerprint density at radius 2 is 1.21 bits per heavy atom. The van der Waals surface area contributed by atoms with Crippen molar-refractivity contribution in [1.82, 2.24) is 0 Å². The molecular weight excluding hydrogens is 751 g/mol. The van der Waals surface area contributed by atoms with E-state index in [4.69, 9.17) is 10.2 Å². The molecule has 0 saturated carbocycles. The Morgan fingerprint density at radius 1 is 0.548 bits per heavy atom. The highest BCUT2D eigenvalue weighted by Gasteiger charge is 2.35. The van der Waals surface area contributed by atoms with Gasteiger partial charge in [-0.05, 0) is 116 Å². The van der Waals surface area contributed by atoms with Crippen molar-refractivity contribution in [2.75, 3.05) is 5.73 Å². The summed E-state index contributed by atoms with van der Waals surface area (Å²) in [5.41, 5.74) is 33.0. The van der Waals surface area contributed by atoms with Gasteiger partial charge in [0.05, 0.1) is 0 Å². The highest BCUT2D eigenvalue weighted by molar-refractivity contribution is 6.09. The van der Waals surface area contributed by atoms with Crippen LogP contribution in [0, 0.1) is 0 Å². The molecule has 62 heavy (non-hydrogen) atoms. The molecule has 0 spiro atoms. The average molecular weight is 800 g/mol. The third-order valence-electron chi connectivity index (χ3n) is 12.0. The first-order valence-electron chi connectivity index (χ1n) is 21.6. The standard InChI is InChI=1S/C24H19N.C18H12O.C16H12.C2H6/c1-24(2)22-13-16(19-8-4-6-15-5-3-7-18(15)19)9-11-20(22)21-12-10-17(25)14-23(21)24;1-2-7-13(8-3-1)14-10-6-11-16-15-9-4-5-12-17(15)19-18(14)16;1-2-6-13(7-3-1)15-10-11-16(12-15)14-8-4-5-9-14;1-2/h4-14H,25H2,1-2H3;1-12H;1-4,6-11H,5H2;1-2H3. The van der Waals surface area contributed by atoms with Gasteiger partial charge in [0, 0.05) is 38.6 Å². The van der Waals surface area contributed by atoms with E-state index in [-0.39, 0.29) is 5.41 Å². The van der Waals surface area contributed by atoms with Crippen LogP contribution in [-0.4, -0.2) is 0 Å². The summed E-state index contributed by atoms with van der Waals surface area (Å²) in [6, 6.07) is 54.9. The van der Waals surface area contributed by atoms with Crippen LogP contribution in [0.25, 0.3) is 73.0 Å². The first-order valence-corrected chi connectivity index (χ1v) is 21.6. The van der Waals surface area contributed by atoms with Crippen molar-refractivity contribution >= 4 is 45.4 Å². The molecule has 0 fully saturated rings. The fourth-order valence-corrected chi connectivity index (χ4v) is 8.86. The number of anilines is 1. The molecule has 0 amide bonds. The van der Waals surface area contributed by atoms with Gasteiger partial charge in [-0.15, -0.1) is 11.5 Å². The van der Waals surface area contributed by atoms with Crippen LogP contribution < -0.4 is 5.73 Å². The molecule has 4 aliphatic rings. The summed E-state index contributed by atoms with van der Waals surface area (Å²) in [6.45, 7) is 8.58. The number of nitrogen functional groups attached to an aromatic ring is 1. The van der Waals surface area contributed by atoms with Crippen molar-refractivity contribution in [3.63, 3.8) is 0 Å². The topological polar surface area (TPSA) is 39.2 Å². The van der Waals surface area contributed by atoms with Gasteiger partial charge in [0.1, 0.15) is 11.2 Å². The second kappa shape index (κ2) is 17.2. The van der Waals surface area contributed by atoms with Gasteiger partial charge < -0.3 is 10.2 Å². The summed E-state index contributed by atoms with van der Waals surface area (Å²) in [5, 5.41) is 2.35. The van der Waals surface area contributed by atoms with Gasteiger partial charge in [0.15, 0.2) is 0 Å². The van der Waals surface area contributed by atoms with Crippen LogP contribution in [0.1, 0.15) is 61.9 Å². The Hall–Kier alpha value is -7.60. The van der Waals surface area contributed by atoms with Gasteiger partial charge in [-0.3, -0.25) is 0 Å². The van der Waals surface area contributed by atoms with E-state index in [0.29, 0.717) is 0 Å². The molecule has 2 nitrogen and oxygen atoms in total. The second-order valence-corrected chi connectivity index (χ2v) is 16.0. The molecule has 8 aromatic rings. The van der Waals surface area contributed by atoms with Crippen molar-refractivity contribution in [2.45, 2.75) is 39.5 Å². The van der Waals surface area contributed by atoms with E-state index in [1.807, 2.05) is 50.2 Å². The van der Waals surface area contributed by atoms with E-state index in [1.165, 1.54) is 83.1 Å². The minimum absolute atomic E-state index is 0.0396. The zero-order valence-electron chi connectivity index (χ0n) is 35.7. The fourth-order valence-electron chi connectivity index (χ4n) is 8.86. The van der Waals surface area contributed by atoms with Gasteiger partial charge in [-0.25, -0.2) is 0 Å². The van der Waals surface area contributed by atoms with Gasteiger partial charge in [-0.1, -0.05) is 179 Å². The lowest BCUT2D eigenvalue weighted by Crippen LogP contribution is -2.15. The first-order chi connectivity index (χ1) is 30.4. The minimum atomic E-state index is -0.0396. The lowest BCUT2D eigenvalue weighted by Gasteiger charge is -2.22. The van der Waals surface area contributed by atoms with Gasteiger partial charge in [0.2, 0.25) is 0 Å². The van der Waals surface area contributed by atoms with Crippen LogP contribution in [0.2, 0.25) is 0 Å². The second-order valence-electron chi connectivity index (χ2n) is 16.0. The predicted octanol–water partition coefficient (Wildman–Crippen LogP) is 16.2. The lowest BCUT2D eigenvalue weighted by molar-refractivity contribution is 0.661. The smallest absolute Gasteiger partial charge is 0.143 e. The zero-order chi connectivity index (χ0) is 42.6. The number of furan rings is 1.